The Balaban J connectivity index is 2.27. The molecule has 84 valence electrons. The van der Waals surface area contributed by atoms with E-state index in [1.807, 2.05) is 13.2 Å². The van der Waals surface area contributed by atoms with Gasteiger partial charge in [-0.05, 0) is 12.7 Å². The molecule has 0 aliphatic rings. The summed E-state index contributed by atoms with van der Waals surface area (Å²) in [6, 6.07) is 0. The maximum Gasteiger partial charge on any atom is 0.230 e. The zero-order valence-electron chi connectivity index (χ0n) is 8.65. The van der Waals surface area contributed by atoms with Crippen LogP contribution in [0.2, 0.25) is 0 Å². The minimum Gasteiger partial charge on any atom is -0.355 e. The van der Waals surface area contributed by atoms with E-state index in [-0.39, 0.29) is 5.91 Å². The van der Waals surface area contributed by atoms with Gasteiger partial charge < -0.3 is 5.32 Å². The molecule has 15 heavy (non-hydrogen) atoms. The average molecular weight is 263 g/mol. The third kappa shape index (κ3) is 4.85. The first kappa shape index (κ1) is 12.8. The summed E-state index contributed by atoms with van der Waals surface area (Å²) in [6.45, 7) is 2.77. The summed E-state index contributed by atoms with van der Waals surface area (Å²) in [5, 5.41) is 10.7. The van der Waals surface area contributed by atoms with E-state index in [4.69, 9.17) is 0 Å². The molecule has 1 amide bonds. The van der Waals surface area contributed by atoms with Crippen molar-refractivity contribution < 1.29 is 4.79 Å². The Kier molecular flexibility index (Phi) is 6.04. The van der Waals surface area contributed by atoms with Crippen LogP contribution < -0.4 is 5.32 Å². The van der Waals surface area contributed by atoms with Crippen molar-refractivity contribution in [1.29, 1.82) is 0 Å². The summed E-state index contributed by atoms with van der Waals surface area (Å²) in [7, 11) is 0. The monoisotopic (exact) mass is 263 g/mol. The van der Waals surface area contributed by atoms with Crippen molar-refractivity contribution in [3.8, 4) is 0 Å². The number of carbonyl (C=O) groups is 1. The molecular weight excluding hydrogens is 250 g/mol. The molecule has 0 fully saturated rings. The van der Waals surface area contributed by atoms with E-state index in [1.54, 1.807) is 11.8 Å². The minimum absolute atomic E-state index is 0.0581. The van der Waals surface area contributed by atoms with Crippen LogP contribution in [0.15, 0.2) is 8.68 Å². The standard InChI is InChI=1S/C8H13N3OS3/c1-3-4-9-6(12)5-14-8-11-10-7(13-2)15-8/h3-5H2,1-2H3,(H,9,12). The third-order valence-corrected chi connectivity index (χ3v) is 4.49. The fourth-order valence-corrected chi connectivity index (χ4v) is 3.05. The first-order valence-corrected chi connectivity index (χ1v) is 7.56. The molecule has 1 rings (SSSR count). The van der Waals surface area contributed by atoms with Gasteiger partial charge in [0.15, 0.2) is 8.68 Å². The smallest absolute Gasteiger partial charge is 0.230 e. The Hall–Kier alpha value is -0.270. The predicted octanol–water partition coefficient (Wildman–Crippen LogP) is 1.88. The van der Waals surface area contributed by atoms with Gasteiger partial charge in [0.2, 0.25) is 5.91 Å². The van der Waals surface area contributed by atoms with Crippen LogP contribution in [0.5, 0.6) is 0 Å². The van der Waals surface area contributed by atoms with Gasteiger partial charge in [0.1, 0.15) is 0 Å². The number of nitrogens with zero attached hydrogens (tertiary/aromatic N) is 2. The van der Waals surface area contributed by atoms with Gasteiger partial charge in [-0.15, -0.1) is 10.2 Å². The fourth-order valence-electron chi connectivity index (χ4n) is 0.781. The number of thioether (sulfide) groups is 2. The Morgan fingerprint density at radius 1 is 1.47 bits per heavy atom. The van der Waals surface area contributed by atoms with E-state index in [2.05, 4.69) is 15.5 Å². The largest absolute Gasteiger partial charge is 0.355 e. The van der Waals surface area contributed by atoms with Gasteiger partial charge >= 0.3 is 0 Å². The van der Waals surface area contributed by atoms with E-state index in [9.17, 15) is 4.79 Å². The molecule has 7 heteroatoms. The summed E-state index contributed by atoms with van der Waals surface area (Å²) in [4.78, 5) is 11.3. The quantitative estimate of drug-likeness (QED) is 0.794. The zero-order valence-corrected chi connectivity index (χ0v) is 11.1. The highest BCUT2D eigenvalue weighted by molar-refractivity contribution is 8.03. The molecule has 0 bridgehead atoms. The summed E-state index contributed by atoms with van der Waals surface area (Å²) < 4.78 is 1.79. The van der Waals surface area contributed by atoms with E-state index in [1.165, 1.54) is 23.1 Å². The van der Waals surface area contributed by atoms with Crippen molar-refractivity contribution in [1.82, 2.24) is 15.5 Å². The number of nitrogens with one attached hydrogen (secondary N) is 1. The van der Waals surface area contributed by atoms with Crippen molar-refractivity contribution in [2.24, 2.45) is 0 Å². The van der Waals surface area contributed by atoms with Crippen LogP contribution in [0, 0.1) is 0 Å². The van der Waals surface area contributed by atoms with Gasteiger partial charge in [-0.1, -0.05) is 41.8 Å². The maximum atomic E-state index is 11.3. The van der Waals surface area contributed by atoms with E-state index in [0.29, 0.717) is 5.75 Å². The van der Waals surface area contributed by atoms with Gasteiger partial charge in [-0.3, -0.25) is 4.79 Å². The van der Waals surface area contributed by atoms with Crippen LogP contribution in [-0.2, 0) is 4.79 Å². The van der Waals surface area contributed by atoms with Crippen LogP contribution in [0.4, 0.5) is 0 Å². The average Bonchev–Trinajstić information content (AvgIpc) is 2.71. The SMILES string of the molecule is CCCNC(=O)CSc1nnc(SC)s1. The van der Waals surface area contributed by atoms with Crippen LogP contribution in [0.25, 0.3) is 0 Å². The molecule has 0 aliphatic carbocycles. The maximum absolute atomic E-state index is 11.3. The molecule has 1 N–H and O–H groups in total. The molecule has 0 spiro atoms. The molecule has 1 heterocycles. The molecule has 0 aromatic carbocycles. The van der Waals surface area contributed by atoms with E-state index < -0.39 is 0 Å². The summed E-state index contributed by atoms with van der Waals surface area (Å²) in [5.41, 5.74) is 0. The molecule has 1 aromatic rings. The predicted molar refractivity (Wildman–Crippen MR) is 65.7 cm³/mol. The molecule has 4 nitrogen and oxygen atoms in total. The molecule has 0 saturated carbocycles. The molecule has 1 aromatic heterocycles. The topological polar surface area (TPSA) is 54.9 Å². The fraction of sp³-hybridized carbons (Fsp3) is 0.625. The zero-order chi connectivity index (χ0) is 11.1. The lowest BCUT2D eigenvalue weighted by Gasteiger charge is -2.00. The molecular formula is C8H13N3OS3. The van der Waals surface area contributed by atoms with E-state index in [0.717, 1.165) is 21.6 Å². The van der Waals surface area contributed by atoms with Gasteiger partial charge in [0, 0.05) is 6.54 Å². The number of carbonyl (C=O) groups excluding carboxylic acids is 1. The van der Waals surface area contributed by atoms with Gasteiger partial charge in [-0.25, -0.2) is 0 Å². The van der Waals surface area contributed by atoms with Crippen molar-refractivity contribution >= 4 is 40.8 Å². The second-order valence-electron chi connectivity index (χ2n) is 2.68. The number of amides is 1. The molecule has 0 saturated heterocycles. The van der Waals surface area contributed by atoms with Crippen molar-refractivity contribution in [3.05, 3.63) is 0 Å². The Morgan fingerprint density at radius 3 is 2.80 bits per heavy atom. The Bertz CT molecular complexity index is 316. The van der Waals surface area contributed by atoms with Crippen LogP contribution in [0.3, 0.4) is 0 Å². The lowest BCUT2D eigenvalue weighted by Crippen LogP contribution is -2.25. The van der Waals surface area contributed by atoms with E-state index >= 15 is 0 Å². The van der Waals surface area contributed by atoms with Crippen LogP contribution in [0.1, 0.15) is 13.3 Å². The van der Waals surface area contributed by atoms with Gasteiger partial charge in [0.05, 0.1) is 5.75 Å². The van der Waals surface area contributed by atoms with Crippen molar-refractivity contribution in [2.45, 2.75) is 22.0 Å². The van der Waals surface area contributed by atoms with Crippen LogP contribution in [-0.4, -0.2) is 34.7 Å². The lowest BCUT2D eigenvalue weighted by atomic mass is 10.5. The Morgan fingerprint density at radius 2 is 2.20 bits per heavy atom. The van der Waals surface area contributed by atoms with Gasteiger partial charge in [0.25, 0.3) is 0 Å². The first-order chi connectivity index (χ1) is 7.26. The molecule has 0 unspecified atom stereocenters. The highest BCUT2D eigenvalue weighted by Crippen LogP contribution is 2.26. The number of aromatic nitrogens is 2. The van der Waals surface area contributed by atoms with Crippen LogP contribution >= 0.6 is 34.9 Å². The summed E-state index contributed by atoms with van der Waals surface area (Å²) in [6.07, 6.45) is 2.93. The number of hydrogen-bond donors (Lipinski definition) is 1. The normalized spacial score (nSPS) is 10.3. The summed E-state index contributed by atoms with van der Waals surface area (Å²) >= 11 is 4.53. The van der Waals surface area contributed by atoms with Gasteiger partial charge in [-0.2, -0.15) is 0 Å². The third-order valence-electron chi connectivity index (χ3n) is 1.46. The van der Waals surface area contributed by atoms with Crippen molar-refractivity contribution in [2.75, 3.05) is 18.6 Å². The number of rotatable bonds is 6. The highest BCUT2D eigenvalue weighted by Gasteiger charge is 2.06. The molecule has 0 radical (unpaired) electrons. The molecule has 0 atom stereocenters. The first-order valence-electron chi connectivity index (χ1n) is 4.53. The minimum atomic E-state index is 0.0581. The molecule has 0 aliphatic heterocycles. The second-order valence-corrected chi connectivity index (χ2v) is 5.93. The number of hydrogen-bond acceptors (Lipinski definition) is 6. The summed E-state index contributed by atoms with van der Waals surface area (Å²) in [5.74, 6) is 0.478. The Labute approximate surface area is 102 Å². The highest BCUT2D eigenvalue weighted by atomic mass is 32.2. The second kappa shape index (κ2) is 7.08. The van der Waals surface area contributed by atoms with Crippen molar-refractivity contribution in [3.63, 3.8) is 0 Å². The lowest BCUT2D eigenvalue weighted by molar-refractivity contribution is -0.118.